The van der Waals surface area contributed by atoms with Gasteiger partial charge in [0, 0.05) is 51.5 Å². The van der Waals surface area contributed by atoms with Gasteiger partial charge >= 0.3 is 0 Å². The maximum atomic E-state index is 13.5. The molecule has 1 aromatic rings. The van der Waals surface area contributed by atoms with Crippen LogP contribution in [0.3, 0.4) is 0 Å². The van der Waals surface area contributed by atoms with Crippen molar-refractivity contribution in [1.29, 1.82) is 0 Å². The zero-order valence-corrected chi connectivity index (χ0v) is 17.3. The van der Waals surface area contributed by atoms with E-state index in [-0.39, 0.29) is 38.0 Å². The smallest absolute Gasteiger partial charge is 0.248 e. The Balaban J connectivity index is 1.74. The van der Waals surface area contributed by atoms with E-state index in [2.05, 4.69) is 0 Å². The molecule has 1 atom stereocenters. The highest BCUT2D eigenvalue weighted by molar-refractivity contribution is 5.77. The maximum absolute atomic E-state index is 13.5. The Morgan fingerprint density at radius 2 is 1.73 bits per heavy atom. The molecule has 1 amide bonds. The van der Waals surface area contributed by atoms with Crippen molar-refractivity contribution in [2.24, 2.45) is 0 Å². The van der Waals surface area contributed by atoms with Crippen molar-refractivity contribution in [3.05, 3.63) is 29.8 Å². The first-order chi connectivity index (χ1) is 14.2. The van der Waals surface area contributed by atoms with E-state index in [1.165, 1.54) is 12.0 Å². The zero-order chi connectivity index (χ0) is 21.8. The summed E-state index contributed by atoms with van der Waals surface area (Å²) in [5, 5.41) is 22.1. The van der Waals surface area contributed by atoms with Crippen molar-refractivity contribution >= 4 is 5.91 Å². The summed E-state index contributed by atoms with van der Waals surface area (Å²) in [6.07, 6.45) is 3.32. The van der Waals surface area contributed by atoms with Crippen LogP contribution in [0.2, 0.25) is 0 Å². The largest absolute Gasteiger partial charge is 0.490 e. The SMILES string of the molecule is COCC(=O)N1CCN(CC2(O)CCCC2)C[C@](O)(COc2cc(F)cc(F)c2)C1. The summed E-state index contributed by atoms with van der Waals surface area (Å²) < 4.78 is 37.3. The van der Waals surface area contributed by atoms with E-state index in [0.29, 0.717) is 32.5 Å². The molecular weight excluding hydrogens is 398 g/mol. The lowest BCUT2D eigenvalue weighted by Gasteiger charge is -2.35. The molecule has 1 aromatic carbocycles. The van der Waals surface area contributed by atoms with Gasteiger partial charge in [0.1, 0.15) is 36.2 Å². The van der Waals surface area contributed by atoms with Crippen molar-refractivity contribution in [3.8, 4) is 5.75 Å². The number of carbonyl (C=O) groups is 1. The second-order valence-electron chi connectivity index (χ2n) is 8.51. The fourth-order valence-electron chi connectivity index (χ4n) is 4.33. The minimum atomic E-state index is -1.49. The summed E-state index contributed by atoms with van der Waals surface area (Å²) in [6.45, 7) is 1.00. The van der Waals surface area contributed by atoms with Gasteiger partial charge in [0.25, 0.3) is 0 Å². The van der Waals surface area contributed by atoms with Gasteiger partial charge in [-0.25, -0.2) is 8.78 Å². The number of amides is 1. The fourth-order valence-corrected chi connectivity index (χ4v) is 4.33. The Bertz CT molecular complexity index is 724. The van der Waals surface area contributed by atoms with Gasteiger partial charge in [-0.2, -0.15) is 0 Å². The highest BCUT2D eigenvalue weighted by Gasteiger charge is 2.41. The molecule has 0 bridgehead atoms. The van der Waals surface area contributed by atoms with Crippen LogP contribution in [0.1, 0.15) is 25.7 Å². The number of hydrogen-bond donors (Lipinski definition) is 2. The number of hydrogen-bond acceptors (Lipinski definition) is 6. The standard InChI is InChI=1S/C21H30F2N2O5/c1-29-11-19(26)25-7-6-24(12-20(27)4-2-3-5-20)13-21(28,14-25)15-30-18-9-16(22)8-17(23)10-18/h8-10,27-28H,2-7,11-15H2,1H3/t21-/m1/s1. The molecule has 1 aliphatic heterocycles. The number of ether oxygens (including phenoxy) is 2. The van der Waals surface area contributed by atoms with E-state index in [1.54, 1.807) is 0 Å². The Hall–Kier alpha value is -1.81. The Morgan fingerprint density at radius 3 is 2.37 bits per heavy atom. The molecule has 2 N–H and O–H groups in total. The van der Waals surface area contributed by atoms with Gasteiger partial charge in [0.15, 0.2) is 0 Å². The molecule has 7 nitrogen and oxygen atoms in total. The predicted molar refractivity (Wildman–Crippen MR) is 105 cm³/mol. The van der Waals surface area contributed by atoms with Crippen LogP contribution in [0.5, 0.6) is 5.75 Å². The number of β-amino-alcohol motifs (C(OH)–C–C–N with tert-alkyl or cyclic N) is 2. The summed E-state index contributed by atoms with van der Waals surface area (Å²) >= 11 is 0. The van der Waals surface area contributed by atoms with Crippen molar-refractivity contribution in [1.82, 2.24) is 9.80 Å². The number of halogens is 2. The summed E-state index contributed by atoms with van der Waals surface area (Å²) in [6, 6.07) is 2.81. The molecule has 9 heteroatoms. The first-order valence-electron chi connectivity index (χ1n) is 10.2. The van der Waals surface area contributed by atoms with Crippen LogP contribution in [0.4, 0.5) is 8.78 Å². The average molecular weight is 428 g/mol. The van der Waals surface area contributed by atoms with Crippen LogP contribution < -0.4 is 4.74 Å². The van der Waals surface area contributed by atoms with Gasteiger partial charge in [-0.3, -0.25) is 9.69 Å². The lowest BCUT2D eigenvalue weighted by atomic mass is 9.99. The molecule has 0 spiro atoms. The Kier molecular flexibility index (Phi) is 7.28. The second kappa shape index (κ2) is 9.55. The molecule has 168 valence electrons. The third-order valence-electron chi connectivity index (χ3n) is 5.71. The van der Waals surface area contributed by atoms with E-state index in [9.17, 15) is 23.8 Å². The van der Waals surface area contributed by atoms with E-state index in [4.69, 9.17) is 9.47 Å². The molecular formula is C21H30F2N2O5. The van der Waals surface area contributed by atoms with Crippen molar-refractivity contribution in [3.63, 3.8) is 0 Å². The lowest BCUT2D eigenvalue weighted by molar-refractivity contribution is -0.138. The summed E-state index contributed by atoms with van der Waals surface area (Å²) in [5.74, 6) is -1.87. The van der Waals surface area contributed by atoms with Crippen LogP contribution in [-0.2, 0) is 9.53 Å². The van der Waals surface area contributed by atoms with Gasteiger partial charge in [0.05, 0.1) is 12.1 Å². The third-order valence-corrected chi connectivity index (χ3v) is 5.71. The summed E-state index contributed by atoms with van der Waals surface area (Å²) in [7, 11) is 1.42. The van der Waals surface area contributed by atoms with Gasteiger partial charge in [0.2, 0.25) is 5.91 Å². The average Bonchev–Trinajstić information content (AvgIpc) is 3.01. The quantitative estimate of drug-likeness (QED) is 0.679. The Morgan fingerprint density at radius 1 is 1.07 bits per heavy atom. The number of carbonyl (C=O) groups excluding carboxylic acids is 1. The van der Waals surface area contributed by atoms with Gasteiger partial charge in [-0.05, 0) is 12.8 Å². The van der Waals surface area contributed by atoms with Crippen molar-refractivity contribution in [2.45, 2.75) is 36.9 Å². The van der Waals surface area contributed by atoms with Crippen LogP contribution in [0.15, 0.2) is 18.2 Å². The van der Waals surface area contributed by atoms with Crippen LogP contribution in [-0.4, -0.2) is 90.2 Å². The minimum absolute atomic E-state index is 0.0120. The first kappa shape index (κ1) is 22.9. The molecule has 1 saturated carbocycles. The fraction of sp³-hybridized carbons (Fsp3) is 0.667. The minimum Gasteiger partial charge on any atom is -0.490 e. The number of benzene rings is 1. The van der Waals surface area contributed by atoms with Gasteiger partial charge in [-0.15, -0.1) is 0 Å². The molecule has 1 aliphatic carbocycles. The predicted octanol–water partition coefficient (Wildman–Crippen LogP) is 1.17. The maximum Gasteiger partial charge on any atom is 0.248 e. The highest BCUT2D eigenvalue weighted by Crippen LogP contribution is 2.31. The molecule has 1 heterocycles. The summed E-state index contributed by atoms with van der Waals surface area (Å²) in [4.78, 5) is 15.8. The molecule has 30 heavy (non-hydrogen) atoms. The number of methoxy groups -OCH3 is 1. The zero-order valence-electron chi connectivity index (χ0n) is 17.3. The van der Waals surface area contributed by atoms with E-state index in [1.807, 2.05) is 4.90 Å². The lowest BCUT2D eigenvalue weighted by Crippen LogP contribution is -2.54. The third kappa shape index (κ3) is 6.10. The first-order valence-corrected chi connectivity index (χ1v) is 10.2. The second-order valence-corrected chi connectivity index (χ2v) is 8.51. The van der Waals surface area contributed by atoms with Crippen molar-refractivity contribution < 1.29 is 33.3 Å². The molecule has 0 radical (unpaired) electrons. The number of aliphatic hydroxyl groups is 2. The van der Waals surface area contributed by atoms with E-state index in [0.717, 1.165) is 31.0 Å². The van der Waals surface area contributed by atoms with Gasteiger partial charge in [-0.1, -0.05) is 12.8 Å². The van der Waals surface area contributed by atoms with Crippen LogP contribution in [0, 0.1) is 11.6 Å². The Labute approximate surface area is 175 Å². The highest BCUT2D eigenvalue weighted by atomic mass is 19.1. The van der Waals surface area contributed by atoms with E-state index < -0.39 is 22.8 Å². The van der Waals surface area contributed by atoms with Gasteiger partial charge < -0.3 is 24.6 Å². The number of nitrogens with zero attached hydrogens (tertiary/aromatic N) is 2. The molecule has 2 fully saturated rings. The van der Waals surface area contributed by atoms with Crippen LogP contribution >= 0.6 is 0 Å². The summed E-state index contributed by atoms with van der Waals surface area (Å²) in [5.41, 5.74) is -2.29. The molecule has 3 rings (SSSR count). The monoisotopic (exact) mass is 428 g/mol. The number of rotatable bonds is 7. The molecule has 2 aliphatic rings. The topological polar surface area (TPSA) is 82.5 Å². The normalized spacial score (nSPS) is 24.6. The van der Waals surface area contributed by atoms with Crippen LogP contribution in [0.25, 0.3) is 0 Å². The van der Waals surface area contributed by atoms with Crippen molar-refractivity contribution in [2.75, 3.05) is 53.0 Å². The molecule has 1 saturated heterocycles. The molecule has 0 unspecified atom stereocenters. The molecule has 0 aromatic heterocycles. The van der Waals surface area contributed by atoms with E-state index >= 15 is 0 Å².